The largest absolute Gasteiger partial charge is 0.474 e. The van der Waals surface area contributed by atoms with Gasteiger partial charge < -0.3 is 29.7 Å². The Labute approximate surface area is 277 Å². The average Bonchev–Trinajstić information content (AvgIpc) is 3.44. The molecule has 2 aromatic heterocycles. The number of imidazole rings is 1. The third-order valence-corrected chi connectivity index (χ3v) is 8.55. The van der Waals surface area contributed by atoms with Gasteiger partial charge in [-0.2, -0.15) is 21.7 Å². The molecule has 1 saturated heterocycles. The molecule has 2 aliphatic rings. The Morgan fingerprint density at radius 2 is 1.81 bits per heavy atom. The number of alkyl halides is 2. The summed E-state index contributed by atoms with van der Waals surface area (Å²) in [4.78, 5) is 41.1. The van der Waals surface area contributed by atoms with Crippen molar-refractivity contribution in [1.82, 2.24) is 30.2 Å². The highest BCUT2D eigenvalue weighted by Gasteiger charge is 2.30. The summed E-state index contributed by atoms with van der Waals surface area (Å²) >= 11 is 1.60. The first-order chi connectivity index (χ1) is 22.5. The minimum Gasteiger partial charge on any atom is -0.474 e. The van der Waals surface area contributed by atoms with E-state index in [1.807, 2.05) is 11.2 Å². The Morgan fingerprint density at radius 1 is 1.09 bits per heavy atom. The van der Waals surface area contributed by atoms with Gasteiger partial charge in [0.15, 0.2) is 5.82 Å². The minimum absolute atomic E-state index is 0.0876. The number of rotatable bonds is 11. The van der Waals surface area contributed by atoms with Crippen LogP contribution in [0.5, 0.6) is 5.88 Å². The number of halogens is 2. The number of anilines is 1. The van der Waals surface area contributed by atoms with Crippen LogP contribution in [0.1, 0.15) is 65.1 Å². The van der Waals surface area contributed by atoms with Crippen molar-refractivity contribution in [2.75, 3.05) is 43.2 Å². The fourth-order valence-corrected chi connectivity index (χ4v) is 6.14. The van der Waals surface area contributed by atoms with Gasteiger partial charge >= 0.3 is 6.09 Å². The van der Waals surface area contributed by atoms with Crippen LogP contribution >= 0.6 is 11.8 Å². The van der Waals surface area contributed by atoms with Crippen LogP contribution in [0.15, 0.2) is 30.3 Å². The Kier molecular flexibility index (Phi) is 11.4. The number of carbonyl (C=O) groups is 2. The van der Waals surface area contributed by atoms with Gasteiger partial charge in [-0.1, -0.05) is 12.1 Å². The number of aromatic nitrogens is 4. The number of para-hydroxylation sites is 2. The summed E-state index contributed by atoms with van der Waals surface area (Å²) < 4.78 is 47.0. The molecule has 1 atom stereocenters. The number of hydrogen-bond donors (Lipinski definition) is 2. The van der Waals surface area contributed by atoms with Gasteiger partial charge in [0.2, 0.25) is 17.7 Å². The molecule has 15 heteroatoms. The molecule has 2 fully saturated rings. The van der Waals surface area contributed by atoms with Gasteiger partial charge in [-0.15, -0.1) is 0 Å². The predicted octanol–water partition coefficient (Wildman–Crippen LogP) is 5.04. The number of morpholine rings is 1. The first-order valence-corrected chi connectivity index (χ1v) is 17.3. The number of amides is 2. The van der Waals surface area contributed by atoms with E-state index in [2.05, 4.69) is 25.6 Å². The van der Waals surface area contributed by atoms with Crippen molar-refractivity contribution in [2.24, 2.45) is 0 Å². The highest BCUT2D eigenvalue weighted by atomic mass is 32.2. The molecule has 5 rings (SSSR count). The quantitative estimate of drug-likeness (QED) is 0.285. The number of alkyl carbamates (subject to hydrolysis) is 1. The monoisotopic (exact) mass is 675 g/mol. The van der Waals surface area contributed by atoms with Crippen molar-refractivity contribution in [2.45, 2.75) is 83.1 Å². The van der Waals surface area contributed by atoms with Gasteiger partial charge in [-0.05, 0) is 77.0 Å². The molecule has 256 valence electrons. The highest BCUT2D eigenvalue weighted by Crippen LogP contribution is 2.31. The fourth-order valence-electron chi connectivity index (χ4n) is 5.66. The van der Waals surface area contributed by atoms with Crippen molar-refractivity contribution in [3.8, 4) is 11.7 Å². The first-order valence-electron chi connectivity index (χ1n) is 15.9. The third kappa shape index (κ3) is 9.21. The zero-order chi connectivity index (χ0) is 33.6. The summed E-state index contributed by atoms with van der Waals surface area (Å²) in [5.74, 6) is 0.948. The normalized spacial score (nSPS) is 19.4. The minimum atomic E-state index is -2.82. The Balaban J connectivity index is 1.29. The molecule has 1 saturated carbocycles. The van der Waals surface area contributed by atoms with Crippen molar-refractivity contribution < 1.29 is 32.6 Å². The molecule has 1 aromatic carbocycles. The molecule has 1 aliphatic carbocycles. The second-order valence-corrected chi connectivity index (χ2v) is 13.6. The maximum Gasteiger partial charge on any atom is 0.408 e. The van der Waals surface area contributed by atoms with E-state index >= 15 is 0 Å². The predicted molar refractivity (Wildman–Crippen MR) is 176 cm³/mol. The van der Waals surface area contributed by atoms with Gasteiger partial charge in [-0.25, -0.2) is 18.6 Å². The summed E-state index contributed by atoms with van der Waals surface area (Å²) in [6, 6.07) is 7.73. The van der Waals surface area contributed by atoms with Crippen LogP contribution in [0.2, 0.25) is 0 Å². The molecule has 2 amide bonds. The molecular weight excluding hydrogens is 632 g/mol. The van der Waals surface area contributed by atoms with E-state index in [0.717, 1.165) is 0 Å². The third-order valence-electron chi connectivity index (χ3n) is 7.91. The van der Waals surface area contributed by atoms with Gasteiger partial charge in [0, 0.05) is 25.2 Å². The topological polar surface area (TPSA) is 133 Å². The summed E-state index contributed by atoms with van der Waals surface area (Å²) in [7, 11) is 0. The van der Waals surface area contributed by atoms with Crippen LogP contribution in [0, 0.1) is 0 Å². The zero-order valence-corrected chi connectivity index (χ0v) is 28.0. The molecule has 3 aromatic rings. The van der Waals surface area contributed by atoms with Crippen molar-refractivity contribution in [3.05, 3.63) is 36.2 Å². The van der Waals surface area contributed by atoms with Crippen molar-refractivity contribution in [1.29, 1.82) is 0 Å². The van der Waals surface area contributed by atoms with Crippen molar-refractivity contribution in [3.63, 3.8) is 0 Å². The molecule has 12 nitrogen and oxygen atoms in total. The van der Waals surface area contributed by atoms with E-state index in [4.69, 9.17) is 14.2 Å². The molecule has 47 heavy (non-hydrogen) atoms. The molecule has 1 aliphatic heterocycles. The fraction of sp³-hybridized carbons (Fsp3) is 0.594. The maximum absolute atomic E-state index is 14.2. The molecule has 0 bridgehead atoms. The SMILES string of the molecule is CSCC[C@H](NC(=O)OC(C)(C)C)C(=O)NC1CCC(Oc2cc(-n3c(C(F)F)nc4ccccc43)nc(N3CCOCC3)n2)CC1. The first kappa shape index (κ1) is 34.6. The standard InChI is InChI=1S/C32H43F2N7O5S/c1-32(2,3)46-31(43)37-23(13-18-47-4)29(42)35-20-9-11-21(12-10-20)45-26-19-25(38-30(39-26)40-14-16-44-17-15-40)41-24-8-6-5-7-22(24)36-28(41)27(33)34/h5-8,19-21,23,27H,9-18H2,1-4H3,(H,35,42)(H,37,43)/t20?,21?,23-/m0/s1. The summed E-state index contributed by atoms with van der Waals surface area (Å²) in [6.45, 7) is 7.44. The lowest BCUT2D eigenvalue weighted by atomic mass is 9.92. The van der Waals surface area contributed by atoms with E-state index < -0.39 is 30.0 Å². The number of nitrogens with one attached hydrogen (secondary N) is 2. The van der Waals surface area contributed by atoms with Crippen LogP contribution in [0.4, 0.5) is 19.5 Å². The number of nitrogens with zero attached hydrogens (tertiary/aromatic N) is 5. The van der Waals surface area contributed by atoms with E-state index in [-0.39, 0.29) is 29.8 Å². The van der Waals surface area contributed by atoms with Gasteiger partial charge in [-0.3, -0.25) is 9.36 Å². The van der Waals surface area contributed by atoms with Gasteiger partial charge in [0.1, 0.15) is 23.6 Å². The Morgan fingerprint density at radius 3 is 2.49 bits per heavy atom. The maximum atomic E-state index is 14.2. The van der Waals surface area contributed by atoms with E-state index in [1.54, 1.807) is 62.9 Å². The van der Waals surface area contributed by atoms with Gasteiger partial charge in [0.05, 0.1) is 24.2 Å². The molecule has 3 heterocycles. The summed E-state index contributed by atoms with van der Waals surface area (Å²) in [5, 5.41) is 5.81. The van der Waals surface area contributed by atoms with Gasteiger partial charge in [0.25, 0.3) is 6.43 Å². The van der Waals surface area contributed by atoms with Crippen molar-refractivity contribution >= 4 is 40.7 Å². The number of fused-ring (bicyclic) bond motifs is 1. The Hall–Kier alpha value is -3.72. The number of thioether (sulfide) groups is 1. The van der Waals surface area contributed by atoms with Crippen LogP contribution in [0.25, 0.3) is 16.9 Å². The van der Waals surface area contributed by atoms with Crippen LogP contribution < -0.4 is 20.3 Å². The van der Waals surface area contributed by atoms with E-state index in [0.29, 0.717) is 81.1 Å². The zero-order valence-electron chi connectivity index (χ0n) is 27.2. The number of carbonyl (C=O) groups excluding carboxylic acids is 2. The Bertz CT molecular complexity index is 1520. The molecule has 0 unspecified atom stereocenters. The lowest BCUT2D eigenvalue weighted by Crippen LogP contribution is -2.51. The lowest BCUT2D eigenvalue weighted by molar-refractivity contribution is -0.124. The number of hydrogen-bond acceptors (Lipinski definition) is 10. The summed E-state index contributed by atoms with van der Waals surface area (Å²) in [6.07, 6.45) is 1.38. The van der Waals surface area contributed by atoms with Crippen LogP contribution in [-0.4, -0.2) is 93.6 Å². The smallest absolute Gasteiger partial charge is 0.408 e. The van der Waals surface area contributed by atoms with Crippen LogP contribution in [0.3, 0.4) is 0 Å². The van der Waals surface area contributed by atoms with Crippen LogP contribution in [-0.2, 0) is 14.3 Å². The second kappa shape index (κ2) is 15.5. The van der Waals surface area contributed by atoms with E-state index in [1.165, 1.54) is 4.57 Å². The highest BCUT2D eigenvalue weighted by molar-refractivity contribution is 7.98. The summed E-state index contributed by atoms with van der Waals surface area (Å²) in [5.41, 5.74) is 0.275. The molecule has 0 spiro atoms. The van der Waals surface area contributed by atoms with E-state index in [9.17, 15) is 18.4 Å². The molecule has 2 N–H and O–H groups in total. The second-order valence-electron chi connectivity index (χ2n) is 12.6. The molecule has 0 radical (unpaired) electrons. The number of benzene rings is 1. The average molecular weight is 676 g/mol. The number of ether oxygens (including phenoxy) is 3. The lowest BCUT2D eigenvalue weighted by Gasteiger charge is -2.31. The molecular formula is C32H43F2N7O5S.